The third-order valence-electron chi connectivity index (χ3n) is 3.15. The summed E-state index contributed by atoms with van der Waals surface area (Å²) < 4.78 is 0. The van der Waals surface area contributed by atoms with E-state index in [1.165, 1.54) is 12.1 Å². The van der Waals surface area contributed by atoms with Crippen LogP contribution in [0.15, 0.2) is 18.2 Å². The maximum Gasteiger partial charge on any atom is 0.257 e. The quantitative estimate of drug-likeness (QED) is 0.655. The van der Waals surface area contributed by atoms with Gasteiger partial charge < -0.3 is 20.4 Å². The highest BCUT2D eigenvalue weighted by Gasteiger charge is 2.26. The first-order valence-electron chi connectivity index (χ1n) is 5.60. The van der Waals surface area contributed by atoms with Gasteiger partial charge in [0.2, 0.25) is 0 Å². The average molecular weight is 236 g/mol. The molecule has 2 rings (SSSR count). The predicted octanol–water partition coefficient (Wildman–Crippen LogP) is 0.532. The molecule has 0 saturated carbocycles. The molecule has 1 unspecified atom stereocenters. The Bertz CT molecular complexity index is 428. The van der Waals surface area contributed by atoms with Crippen molar-refractivity contribution in [2.75, 3.05) is 20.1 Å². The Kier molecular flexibility index (Phi) is 3.19. The lowest BCUT2D eigenvalue weighted by molar-refractivity contribution is 0.0740. The molecule has 1 atom stereocenters. The molecule has 0 spiro atoms. The molecule has 3 N–H and O–H groups in total. The van der Waals surface area contributed by atoms with Gasteiger partial charge in [0, 0.05) is 19.6 Å². The molecule has 1 saturated heterocycles. The lowest BCUT2D eigenvalue weighted by Crippen LogP contribution is -2.38. The molecule has 1 fully saturated rings. The summed E-state index contributed by atoms with van der Waals surface area (Å²) in [6, 6.07) is 4.55. The summed E-state index contributed by atoms with van der Waals surface area (Å²) in [6.07, 6.45) is 0.905. The van der Waals surface area contributed by atoms with Gasteiger partial charge in [-0.15, -0.1) is 0 Å². The Morgan fingerprint density at radius 1 is 1.47 bits per heavy atom. The zero-order valence-corrected chi connectivity index (χ0v) is 9.68. The maximum absolute atomic E-state index is 12.1. The highest BCUT2D eigenvalue weighted by atomic mass is 16.3. The molecule has 1 heterocycles. The standard InChI is InChI=1S/C12H16N2O3/c1-14(8-5-6-13-7-8)12(17)9-3-2-4-10(15)11(9)16/h2-4,8,13,15-16H,5-7H2,1H3. The second kappa shape index (κ2) is 4.63. The number of benzene rings is 1. The van der Waals surface area contributed by atoms with Crippen LogP contribution in [0.3, 0.4) is 0 Å². The molecule has 1 aliphatic rings. The van der Waals surface area contributed by atoms with Gasteiger partial charge in [-0.3, -0.25) is 4.79 Å². The fourth-order valence-corrected chi connectivity index (χ4v) is 2.03. The van der Waals surface area contributed by atoms with Gasteiger partial charge in [-0.2, -0.15) is 0 Å². The van der Waals surface area contributed by atoms with Crippen molar-refractivity contribution in [3.63, 3.8) is 0 Å². The Hall–Kier alpha value is -1.75. The van der Waals surface area contributed by atoms with Gasteiger partial charge >= 0.3 is 0 Å². The van der Waals surface area contributed by atoms with Crippen LogP contribution in [0.25, 0.3) is 0 Å². The number of carbonyl (C=O) groups excluding carboxylic acids is 1. The number of para-hydroxylation sites is 1. The molecule has 5 nitrogen and oxygen atoms in total. The van der Waals surface area contributed by atoms with E-state index in [0.29, 0.717) is 0 Å². The van der Waals surface area contributed by atoms with Gasteiger partial charge in [0.15, 0.2) is 11.5 Å². The molecule has 17 heavy (non-hydrogen) atoms. The van der Waals surface area contributed by atoms with Crippen LogP contribution >= 0.6 is 0 Å². The normalized spacial score (nSPS) is 19.2. The average Bonchev–Trinajstić information content (AvgIpc) is 2.84. The van der Waals surface area contributed by atoms with Crippen molar-refractivity contribution >= 4 is 5.91 Å². The monoisotopic (exact) mass is 236 g/mol. The fraction of sp³-hybridized carbons (Fsp3) is 0.417. The van der Waals surface area contributed by atoms with E-state index in [9.17, 15) is 15.0 Å². The molecular formula is C12H16N2O3. The Morgan fingerprint density at radius 2 is 2.24 bits per heavy atom. The van der Waals surface area contributed by atoms with Crippen LogP contribution in [0.1, 0.15) is 16.8 Å². The van der Waals surface area contributed by atoms with Crippen LogP contribution in [0.2, 0.25) is 0 Å². The molecule has 1 aromatic carbocycles. The lowest BCUT2D eigenvalue weighted by Gasteiger charge is -2.24. The third kappa shape index (κ3) is 2.19. The summed E-state index contributed by atoms with van der Waals surface area (Å²) in [7, 11) is 1.71. The number of amides is 1. The van der Waals surface area contributed by atoms with E-state index in [-0.39, 0.29) is 29.0 Å². The number of hydrogen-bond donors (Lipinski definition) is 3. The van der Waals surface area contributed by atoms with Crippen LogP contribution in [-0.2, 0) is 0 Å². The first kappa shape index (κ1) is 11.7. The van der Waals surface area contributed by atoms with Crippen molar-refractivity contribution in [2.45, 2.75) is 12.5 Å². The molecule has 92 valence electrons. The summed E-state index contributed by atoms with van der Waals surface area (Å²) in [6.45, 7) is 1.66. The molecule has 0 radical (unpaired) electrons. The minimum absolute atomic E-state index is 0.138. The highest BCUT2D eigenvalue weighted by molar-refractivity contribution is 5.97. The first-order valence-corrected chi connectivity index (χ1v) is 5.60. The number of aromatic hydroxyl groups is 2. The van der Waals surface area contributed by atoms with Gasteiger partial charge in [-0.1, -0.05) is 6.07 Å². The van der Waals surface area contributed by atoms with E-state index in [2.05, 4.69) is 5.32 Å². The summed E-state index contributed by atoms with van der Waals surface area (Å²) in [5.74, 6) is -0.892. The largest absolute Gasteiger partial charge is 0.504 e. The summed E-state index contributed by atoms with van der Waals surface area (Å²) in [5.41, 5.74) is 0.138. The van der Waals surface area contributed by atoms with Gasteiger partial charge in [0.05, 0.1) is 5.56 Å². The maximum atomic E-state index is 12.1. The zero-order valence-electron chi connectivity index (χ0n) is 9.68. The molecule has 0 bridgehead atoms. The van der Waals surface area contributed by atoms with Gasteiger partial charge in [-0.05, 0) is 25.1 Å². The van der Waals surface area contributed by atoms with Crippen LogP contribution in [-0.4, -0.2) is 47.2 Å². The van der Waals surface area contributed by atoms with E-state index in [1.807, 2.05) is 0 Å². The number of phenolic OH excluding ortho intramolecular Hbond substituents is 2. The molecule has 1 aliphatic heterocycles. The Balaban J connectivity index is 2.21. The van der Waals surface area contributed by atoms with Crippen LogP contribution < -0.4 is 5.32 Å². The van der Waals surface area contributed by atoms with E-state index < -0.39 is 0 Å². The summed E-state index contributed by atoms with van der Waals surface area (Å²) >= 11 is 0. The molecule has 0 aliphatic carbocycles. The number of carbonyl (C=O) groups is 1. The first-order chi connectivity index (χ1) is 8.11. The van der Waals surface area contributed by atoms with E-state index in [4.69, 9.17) is 0 Å². The lowest BCUT2D eigenvalue weighted by atomic mass is 10.1. The van der Waals surface area contributed by atoms with Crippen LogP contribution in [0, 0.1) is 0 Å². The number of nitrogens with one attached hydrogen (secondary N) is 1. The number of phenols is 2. The summed E-state index contributed by atoms with van der Waals surface area (Å²) in [5, 5.41) is 22.2. The molecule has 1 aromatic rings. The molecule has 0 aromatic heterocycles. The van der Waals surface area contributed by atoms with E-state index >= 15 is 0 Å². The van der Waals surface area contributed by atoms with Crippen molar-refractivity contribution < 1.29 is 15.0 Å². The number of likely N-dealkylation sites (N-methyl/N-ethyl adjacent to an activating group) is 1. The third-order valence-corrected chi connectivity index (χ3v) is 3.15. The van der Waals surface area contributed by atoms with Crippen LogP contribution in [0.4, 0.5) is 0 Å². The van der Waals surface area contributed by atoms with E-state index in [1.54, 1.807) is 18.0 Å². The molecule has 5 heteroatoms. The minimum atomic E-state index is -0.352. The fourth-order valence-electron chi connectivity index (χ4n) is 2.03. The predicted molar refractivity (Wildman–Crippen MR) is 63.1 cm³/mol. The van der Waals surface area contributed by atoms with Crippen molar-refractivity contribution in [3.8, 4) is 11.5 Å². The number of nitrogens with zero attached hydrogens (tertiary/aromatic N) is 1. The van der Waals surface area contributed by atoms with Crippen molar-refractivity contribution in [3.05, 3.63) is 23.8 Å². The topological polar surface area (TPSA) is 72.8 Å². The van der Waals surface area contributed by atoms with Crippen molar-refractivity contribution in [1.29, 1.82) is 0 Å². The van der Waals surface area contributed by atoms with Gasteiger partial charge in [-0.25, -0.2) is 0 Å². The van der Waals surface area contributed by atoms with Gasteiger partial charge in [0.25, 0.3) is 5.91 Å². The number of rotatable bonds is 2. The smallest absolute Gasteiger partial charge is 0.257 e. The van der Waals surface area contributed by atoms with Gasteiger partial charge in [0.1, 0.15) is 0 Å². The highest BCUT2D eigenvalue weighted by Crippen LogP contribution is 2.29. The minimum Gasteiger partial charge on any atom is -0.504 e. The SMILES string of the molecule is CN(C(=O)c1cccc(O)c1O)C1CCNC1. The summed E-state index contributed by atoms with van der Waals surface area (Å²) in [4.78, 5) is 13.7. The Morgan fingerprint density at radius 3 is 2.88 bits per heavy atom. The second-order valence-electron chi connectivity index (χ2n) is 4.24. The van der Waals surface area contributed by atoms with Crippen molar-refractivity contribution in [2.24, 2.45) is 0 Å². The van der Waals surface area contributed by atoms with Crippen molar-refractivity contribution in [1.82, 2.24) is 10.2 Å². The van der Waals surface area contributed by atoms with Crippen LogP contribution in [0.5, 0.6) is 11.5 Å². The molecule has 1 amide bonds. The number of hydrogen-bond acceptors (Lipinski definition) is 4. The zero-order chi connectivity index (χ0) is 12.4. The van der Waals surface area contributed by atoms with E-state index in [0.717, 1.165) is 19.5 Å². The second-order valence-corrected chi connectivity index (χ2v) is 4.24. The molecular weight excluding hydrogens is 220 g/mol. The Labute approximate surface area is 99.7 Å².